The fourth-order valence-electron chi connectivity index (χ4n) is 2.99. The molecular formula is C21H12Cl2N2O2. The van der Waals surface area contributed by atoms with Crippen LogP contribution in [-0.2, 0) is 0 Å². The molecule has 6 heteroatoms. The molecule has 4 rings (SSSR count). The van der Waals surface area contributed by atoms with Gasteiger partial charge in [-0.3, -0.25) is 10.1 Å². The lowest BCUT2D eigenvalue weighted by Gasteiger charge is -2.11. The van der Waals surface area contributed by atoms with Gasteiger partial charge in [0.2, 0.25) is 0 Å². The maximum atomic E-state index is 11.2. The molecule has 0 fully saturated rings. The van der Waals surface area contributed by atoms with Gasteiger partial charge < -0.3 is 0 Å². The summed E-state index contributed by atoms with van der Waals surface area (Å²) < 4.78 is 0. The molecule has 0 unspecified atom stereocenters. The van der Waals surface area contributed by atoms with Gasteiger partial charge >= 0.3 is 0 Å². The number of non-ortho nitro benzene ring substituents is 1. The van der Waals surface area contributed by atoms with Crippen LogP contribution in [0.5, 0.6) is 0 Å². The third-order valence-corrected chi connectivity index (χ3v) is 5.04. The van der Waals surface area contributed by atoms with E-state index in [4.69, 9.17) is 23.2 Å². The van der Waals surface area contributed by atoms with Gasteiger partial charge in [0.15, 0.2) is 0 Å². The lowest BCUT2D eigenvalue weighted by atomic mass is 9.98. The van der Waals surface area contributed by atoms with Crippen LogP contribution in [0.15, 0.2) is 72.8 Å². The number of nitro benzene ring substituents is 1. The molecule has 0 saturated heterocycles. The highest BCUT2D eigenvalue weighted by molar-refractivity contribution is 6.42. The number of fused-ring (bicyclic) bond motifs is 1. The van der Waals surface area contributed by atoms with Gasteiger partial charge in [-0.1, -0.05) is 59.6 Å². The van der Waals surface area contributed by atoms with Crippen molar-refractivity contribution in [2.75, 3.05) is 0 Å². The van der Waals surface area contributed by atoms with E-state index in [1.165, 1.54) is 6.07 Å². The number of aromatic nitrogens is 1. The second-order valence-corrected chi connectivity index (χ2v) is 6.82. The number of hydrogen-bond acceptors (Lipinski definition) is 3. The van der Waals surface area contributed by atoms with Crippen molar-refractivity contribution in [2.24, 2.45) is 0 Å². The van der Waals surface area contributed by atoms with Crippen molar-refractivity contribution >= 4 is 39.8 Å². The second kappa shape index (κ2) is 6.99. The third kappa shape index (κ3) is 3.37. The summed E-state index contributed by atoms with van der Waals surface area (Å²) in [6, 6.07) is 21.7. The molecule has 4 aromatic rings. The summed E-state index contributed by atoms with van der Waals surface area (Å²) in [7, 11) is 0. The highest BCUT2D eigenvalue weighted by Gasteiger charge is 2.14. The molecule has 0 atom stereocenters. The SMILES string of the molecule is O=[N+]([O-])c1ccc2nc(-c3ccc(Cl)c(Cl)c3)cc(-c3ccccc3)c2c1. The number of benzene rings is 3. The van der Waals surface area contributed by atoms with Crippen molar-refractivity contribution < 1.29 is 4.92 Å². The zero-order valence-electron chi connectivity index (χ0n) is 13.9. The van der Waals surface area contributed by atoms with E-state index in [0.29, 0.717) is 21.3 Å². The summed E-state index contributed by atoms with van der Waals surface area (Å²) in [4.78, 5) is 15.5. The topological polar surface area (TPSA) is 56.0 Å². The Balaban J connectivity index is 2.01. The molecule has 0 spiro atoms. The van der Waals surface area contributed by atoms with Gasteiger partial charge in [-0.25, -0.2) is 4.98 Å². The van der Waals surface area contributed by atoms with Crippen molar-refractivity contribution in [3.05, 3.63) is 93.0 Å². The molecule has 0 saturated carbocycles. The van der Waals surface area contributed by atoms with Crippen LogP contribution in [0.3, 0.4) is 0 Å². The van der Waals surface area contributed by atoms with E-state index in [1.807, 2.05) is 42.5 Å². The Morgan fingerprint density at radius 2 is 1.59 bits per heavy atom. The number of nitrogens with zero attached hydrogens (tertiary/aromatic N) is 2. The number of rotatable bonds is 3. The van der Waals surface area contributed by atoms with Gasteiger partial charge in [-0.05, 0) is 35.4 Å². The highest BCUT2D eigenvalue weighted by Crippen LogP contribution is 2.35. The van der Waals surface area contributed by atoms with Crippen LogP contribution < -0.4 is 0 Å². The molecule has 0 bridgehead atoms. The van der Waals surface area contributed by atoms with Gasteiger partial charge in [-0.15, -0.1) is 0 Å². The van der Waals surface area contributed by atoms with Gasteiger partial charge in [0, 0.05) is 23.1 Å². The van der Waals surface area contributed by atoms with E-state index in [1.54, 1.807) is 24.3 Å². The van der Waals surface area contributed by atoms with Crippen molar-refractivity contribution in [3.8, 4) is 22.4 Å². The minimum absolute atomic E-state index is 0.0313. The first-order chi connectivity index (χ1) is 13.0. The van der Waals surface area contributed by atoms with Crippen molar-refractivity contribution in [3.63, 3.8) is 0 Å². The molecular weight excluding hydrogens is 383 g/mol. The van der Waals surface area contributed by atoms with Crippen molar-refractivity contribution in [2.45, 2.75) is 0 Å². The van der Waals surface area contributed by atoms with E-state index in [0.717, 1.165) is 22.1 Å². The molecule has 0 N–H and O–H groups in total. The van der Waals surface area contributed by atoms with Crippen LogP contribution in [0.1, 0.15) is 0 Å². The Kier molecular flexibility index (Phi) is 4.52. The van der Waals surface area contributed by atoms with E-state index >= 15 is 0 Å². The van der Waals surface area contributed by atoms with Crippen LogP contribution in [0.2, 0.25) is 10.0 Å². The van der Waals surface area contributed by atoms with Gasteiger partial charge in [0.1, 0.15) is 0 Å². The van der Waals surface area contributed by atoms with Gasteiger partial charge in [0.25, 0.3) is 5.69 Å². The molecule has 4 nitrogen and oxygen atoms in total. The third-order valence-electron chi connectivity index (χ3n) is 4.30. The van der Waals surface area contributed by atoms with E-state index in [2.05, 4.69) is 4.98 Å². The zero-order chi connectivity index (χ0) is 19.0. The number of nitro groups is 1. The van der Waals surface area contributed by atoms with E-state index in [9.17, 15) is 10.1 Å². The molecule has 132 valence electrons. The Morgan fingerprint density at radius 1 is 0.815 bits per heavy atom. The molecule has 1 heterocycles. The molecule has 0 aliphatic rings. The number of hydrogen-bond donors (Lipinski definition) is 0. The Hall–Kier alpha value is -2.95. The smallest absolute Gasteiger partial charge is 0.258 e. The first kappa shape index (κ1) is 17.5. The molecule has 0 aliphatic carbocycles. The molecule has 0 aliphatic heterocycles. The largest absolute Gasteiger partial charge is 0.270 e. The average molecular weight is 395 g/mol. The summed E-state index contributed by atoms with van der Waals surface area (Å²) in [5.74, 6) is 0. The van der Waals surface area contributed by atoms with Gasteiger partial charge in [0.05, 0.1) is 26.2 Å². The number of halogens is 2. The maximum Gasteiger partial charge on any atom is 0.270 e. The van der Waals surface area contributed by atoms with E-state index in [-0.39, 0.29) is 5.69 Å². The van der Waals surface area contributed by atoms with Crippen LogP contribution >= 0.6 is 23.2 Å². The monoisotopic (exact) mass is 394 g/mol. The standard InChI is InChI=1S/C21H12Cl2N2O2/c22-18-8-6-14(10-19(18)23)21-12-16(13-4-2-1-3-5-13)17-11-15(25(26)27)7-9-20(17)24-21/h1-12H. The van der Waals surface area contributed by atoms with E-state index < -0.39 is 4.92 Å². The fourth-order valence-corrected chi connectivity index (χ4v) is 3.29. The quantitative estimate of drug-likeness (QED) is 0.284. The van der Waals surface area contributed by atoms with Crippen LogP contribution in [-0.4, -0.2) is 9.91 Å². The summed E-state index contributed by atoms with van der Waals surface area (Å²) >= 11 is 12.2. The molecule has 0 radical (unpaired) electrons. The first-order valence-corrected chi connectivity index (χ1v) is 8.88. The Morgan fingerprint density at radius 3 is 2.30 bits per heavy atom. The molecule has 27 heavy (non-hydrogen) atoms. The van der Waals surface area contributed by atoms with Crippen LogP contribution in [0.25, 0.3) is 33.3 Å². The summed E-state index contributed by atoms with van der Waals surface area (Å²) in [6.45, 7) is 0. The van der Waals surface area contributed by atoms with Crippen molar-refractivity contribution in [1.82, 2.24) is 4.98 Å². The Bertz CT molecular complexity index is 1180. The first-order valence-electron chi connectivity index (χ1n) is 8.13. The summed E-state index contributed by atoms with van der Waals surface area (Å²) in [5, 5.41) is 12.8. The lowest BCUT2D eigenvalue weighted by molar-refractivity contribution is -0.384. The molecule has 1 aromatic heterocycles. The minimum Gasteiger partial charge on any atom is -0.258 e. The lowest BCUT2D eigenvalue weighted by Crippen LogP contribution is -1.93. The predicted molar refractivity (Wildman–Crippen MR) is 109 cm³/mol. The number of pyridine rings is 1. The van der Waals surface area contributed by atoms with Crippen LogP contribution in [0.4, 0.5) is 5.69 Å². The minimum atomic E-state index is -0.402. The Labute approximate surface area is 165 Å². The predicted octanol–water partition coefficient (Wildman–Crippen LogP) is 6.78. The average Bonchev–Trinajstić information content (AvgIpc) is 2.69. The highest BCUT2D eigenvalue weighted by atomic mass is 35.5. The maximum absolute atomic E-state index is 11.2. The molecule has 0 amide bonds. The zero-order valence-corrected chi connectivity index (χ0v) is 15.4. The van der Waals surface area contributed by atoms with Gasteiger partial charge in [-0.2, -0.15) is 0 Å². The van der Waals surface area contributed by atoms with Crippen LogP contribution in [0, 0.1) is 10.1 Å². The summed E-state index contributed by atoms with van der Waals surface area (Å²) in [6.07, 6.45) is 0. The second-order valence-electron chi connectivity index (χ2n) is 6.01. The normalized spacial score (nSPS) is 10.9. The molecule has 3 aromatic carbocycles. The summed E-state index contributed by atoms with van der Waals surface area (Å²) in [5.41, 5.74) is 4.06. The fraction of sp³-hybridized carbons (Fsp3) is 0. The van der Waals surface area contributed by atoms with Crippen molar-refractivity contribution in [1.29, 1.82) is 0 Å².